The van der Waals surface area contributed by atoms with Gasteiger partial charge in [-0.15, -0.1) is 0 Å². The summed E-state index contributed by atoms with van der Waals surface area (Å²) in [7, 11) is 0. The van der Waals surface area contributed by atoms with Crippen LogP contribution in [0.5, 0.6) is 0 Å². The highest BCUT2D eigenvalue weighted by Gasteiger charge is 2.20. The Morgan fingerprint density at radius 2 is 0.568 bits per heavy atom. The van der Waals surface area contributed by atoms with Gasteiger partial charge in [-0.05, 0) is 150 Å². The molecule has 3 heterocycles. The number of nitrogens with zero attached hydrogens (tertiary/aromatic N) is 4. The average Bonchev–Trinajstić information content (AvgIpc) is 3.50. The summed E-state index contributed by atoms with van der Waals surface area (Å²) < 4.78 is 0. The standard InChI is InChI=1S/C70H46N4/c71-47-58-42-53(48-16-2-1-3-17-48)35-37-64(58)67-46-54(70-26-12-15-41-74-70)36-38-66(67)65-23-9-8-22-63(65)57-44-55(61-20-6-4-18-59(61)49-27-31-51(32-28-49)68-24-10-13-39-72-68)43-56(45-57)62-21-7-5-19-60(62)50-29-33-52(34-30-50)69-25-11-14-40-73-69/h1-46H. The predicted octanol–water partition coefficient (Wildman–Crippen LogP) is 18.1. The highest BCUT2D eigenvalue weighted by atomic mass is 14.7. The quantitative estimate of drug-likeness (QED) is 0.130. The predicted molar refractivity (Wildman–Crippen MR) is 304 cm³/mol. The molecule has 0 saturated carbocycles. The lowest BCUT2D eigenvalue weighted by atomic mass is 9.84. The van der Waals surface area contributed by atoms with Crippen LogP contribution in [0.2, 0.25) is 0 Å². The SMILES string of the molecule is N#Cc1cc(-c2ccccc2)ccc1-c1cc(-c2ccccn2)ccc1-c1ccccc1-c1cc(-c2ccccc2-c2ccc(-c3ccccn3)cc2)cc(-c2ccccc2-c2ccc(-c3ccccn3)cc2)c1. The maximum Gasteiger partial charge on any atom is 0.0998 e. The van der Waals surface area contributed by atoms with Crippen molar-refractivity contribution in [1.29, 1.82) is 5.26 Å². The second-order valence-corrected chi connectivity index (χ2v) is 18.2. The first-order valence-electron chi connectivity index (χ1n) is 24.8. The molecule has 0 spiro atoms. The summed E-state index contributed by atoms with van der Waals surface area (Å²) in [6.45, 7) is 0. The van der Waals surface area contributed by atoms with Gasteiger partial charge in [0.15, 0.2) is 0 Å². The molecule has 12 aromatic rings. The Morgan fingerprint density at radius 3 is 1.03 bits per heavy atom. The molecule has 0 unspecified atom stereocenters. The van der Waals surface area contributed by atoms with Crippen LogP contribution in [-0.4, -0.2) is 15.0 Å². The summed E-state index contributed by atoms with van der Waals surface area (Å²) in [5.41, 5.74) is 23.4. The lowest BCUT2D eigenvalue weighted by Gasteiger charge is -2.20. The van der Waals surface area contributed by atoms with Gasteiger partial charge in [-0.2, -0.15) is 5.26 Å². The fourth-order valence-electron chi connectivity index (χ4n) is 10.1. The van der Waals surface area contributed by atoms with Crippen LogP contribution in [-0.2, 0) is 0 Å². The van der Waals surface area contributed by atoms with Crippen LogP contribution >= 0.6 is 0 Å². The highest BCUT2D eigenvalue weighted by molar-refractivity contribution is 5.98. The molecule has 0 aliphatic carbocycles. The van der Waals surface area contributed by atoms with E-state index >= 15 is 0 Å². The van der Waals surface area contributed by atoms with Crippen molar-refractivity contribution in [3.63, 3.8) is 0 Å². The van der Waals surface area contributed by atoms with Gasteiger partial charge in [0.1, 0.15) is 0 Å². The Morgan fingerprint density at radius 1 is 0.216 bits per heavy atom. The molecule has 346 valence electrons. The highest BCUT2D eigenvalue weighted by Crippen LogP contribution is 2.45. The molecule has 0 saturated heterocycles. The lowest BCUT2D eigenvalue weighted by Crippen LogP contribution is -1.95. The van der Waals surface area contributed by atoms with Gasteiger partial charge in [0.25, 0.3) is 0 Å². The monoisotopic (exact) mass is 942 g/mol. The van der Waals surface area contributed by atoms with Gasteiger partial charge in [0.05, 0.1) is 28.7 Å². The molecule has 12 rings (SSSR count). The summed E-state index contributed by atoms with van der Waals surface area (Å²) in [4.78, 5) is 14.0. The summed E-state index contributed by atoms with van der Waals surface area (Å²) in [5.74, 6) is 0. The van der Waals surface area contributed by atoms with Crippen molar-refractivity contribution in [1.82, 2.24) is 15.0 Å². The van der Waals surface area contributed by atoms with Crippen LogP contribution in [0, 0.1) is 11.3 Å². The van der Waals surface area contributed by atoms with Crippen LogP contribution in [0.15, 0.2) is 279 Å². The van der Waals surface area contributed by atoms with E-state index in [1.54, 1.807) is 0 Å². The lowest BCUT2D eigenvalue weighted by molar-refractivity contribution is 1.33. The number of hydrogen-bond donors (Lipinski definition) is 0. The first kappa shape index (κ1) is 45.1. The van der Waals surface area contributed by atoms with Crippen molar-refractivity contribution in [3.8, 4) is 129 Å². The zero-order valence-electron chi connectivity index (χ0n) is 40.3. The molecular formula is C70H46N4. The van der Waals surface area contributed by atoms with Crippen LogP contribution < -0.4 is 0 Å². The van der Waals surface area contributed by atoms with Crippen LogP contribution in [0.4, 0.5) is 0 Å². The van der Waals surface area contributed by atoms with Crippen LogP contribution in [0.3, 0.4) is 0 Å². The average molecular weight is 943 g/mol. The molecule has 0 radical (unpaired) electrons. The summed E-state index contributed by atoms with van der Waals surface area (Å²) in [6, 6.07) is 94.1. The van der Waals surface area contributed by atoms with Gasteiger partial charge >= 0.3 is 0 Å². The van der Waals surface area contributed by atoms with E-state index in [9.17, 15) is 5.26 Å². The second-order valence-electron chi connectivity index (χ2n) is 18.2. The Balaban J connectivity index is 1.05. The first-order chi connectivity index (χ1) is 36.6. The molecule has 0 aliphatic rings. The van der Waals surface area contributed by atoms with Gasteiger partial charge in [-0.25, -0.2) is 0 Å². The molecule has 9 aromatic carbocycles. The molecule has 0 N–H and O–H groups in total. The third-order valence-electron chi connectivity index (χ3n) is 13.8. The second kappa shape index (κ2) is 20.3. The molecule has 4 heteroatoms. The minimum atomic E-state index is 0.599. The van der Waals surface area contributed by atoms with E-state index in [-0.39, 0.29) is 0 Å². The van der Waals surface area contributed by atoms with Crippen molar-refractivity contribution >= 4 is 0 Å². The van der Waals surface area contributed by atoms with Crippen LogP contribution in [0.1, 0.15) is 5.56 Å². The first-order valence-corrected chi connectivity index (χ1v) is 24.8. The number of hydrogen-bond acceptors (Lipinski definition) is 4. The Labute approximate surface area is 431 Å². The Kier molecular flexibility index (Phi) is 12.4. The van der Waals surface area contributed by atoms with Gasteiger partial charge < -0.3 is 0 Å². The van der Waals surface area contributed by atoms with E-state index in [0.29, 0.717) is 5.56 Å². The van der Waals surface area contributed by atoms with Crippen molar-refractivity contribution < 1.29 is 0 Å². The number of nitriles is 1. The van der Waals surface area contributed by atoms with Crippen molar-refractivity contribution in [3.05, 3.63) is 285 Å². The number of aromatic nitrogens is 3. The Hall–Kier alpha value is -10.1. The zero-order chi connectivity index (χ0) is 49.6. The third kappa shape index (κ3) is 9.10. The molecule has 0 bridgehead atoms. The van der Waals surface area contributed by atoms with Crippen molar-refractivity contribution in [2.75, 3.05) is 0 Å². The third-order valence-corrected chi connectivity index (χ3v) is 13.8. The van der Waals surface area contributed by atoms with E-state index in [1.165, 1.54) is 0 Å². The summed E-state index contributed by atoms with van der Waals surface area (Å²) in [5, 5.41) is 10.9. The van der Waals surface area contributed by atoms with E-state index in [0.717, 1.165) is 123 Å². The molecule has 3 aromatic heterocycles. The largest absolute Gasteiger partial charge is 0.256 e. The molecule has 0 fully saturated rings. The molecule has 4 nitrogen and oxygen atoms in total. The normalized spacial score (nSPS) is 11.0. The molecule has 74 heavy (non-hydrogen) atoms. The molecule has 0 atom stereocenters. The Bertz CT molecular complexity index is 3830. The van der Waals surface area contributed by atoms with Crippen molar-refractivity contribution in [2.45, 2.75) is 0 Å². The van der Waals surface area contributed by atoms with E-state index < -0.39 is 0 Å². The molecule has 0 aliphatic heterocycles. The maximum absolute atomic E-state index is 10.9. The number of pyridine rings is 3. The van der Waals surface area contributed by atoms with E-state index in [1.807, 2.05) is 97.5 Å². The molecule has 0 amide bonds. The minimum Gasteiger partial charge on any atom is -0.256 e. The summed E-state index contributed by atoms with van der Waals surface area (Å²) >= 11 is 0. The maximum atomic E-state index is 10.9. The topological polar surface area (TPSA) is 62.5 Å². The smallest absolute Gasteiger partial charge is 0.0998 e. The number of rotatable bonds is 11. The minimum absolute atomic E-state index is 0.599. The van der Waals surface area contributed by atoms with Crippen molar-refractivity contribution in [2.24, 2.45) is 0 Å². The van der Waals surface area contributed by atoms with Gasteiger partial charge in [0, 0.05) is 40.8 Å². The fraction of sp³-hybridized carbons (Fsp3) is 0. The zero-order valence-corrected chi connectivity index (χ0v) is 40.3. The van der Waals surface area contributed by atoms with Gasteiger partial charge in [-0.3, -0.25) is 15.0 Å². The fourth-order valence-corrected chi connectivity index (χ4v) is 10.1. The van der Waals surface area contributed by atoms with E-state index in [4.69, 9.17) is 4.98 Å². The molecular weight excluding hydrogens is 897 g/mol. The van der Waals surface area contributed by atoms with E-state index in [2.05, 4.69) is 198 Å². The van der Waals surface area contributed by atoms with Gasteiger partial charge in [0.2, 0.25) is 0 Å². The summed E-state index contributed by atoms with van der Waals surface area (Å²) in [6.07, 6.45) is 5.49. The van der Waals surface area contributed by atoms with Crippen LogP contribution in [0.25, 0.3) is 123 Å². The van der Waals surface area contributed by atoms with Gasteiger partial charge in [-0.1, -0.05) is 194 Å². The number of benzene rings is 9.